The highest BCUT2D eigenvalue weighted by Gasteiger charge is 2.12. The Morgan fingerprint density at radius 3 is 2.24 bits per heavy atom. The average molecular weight is 244 g/mol. The van der Waals surface area contributed by atoms with Gasteiger partial charge in [-0.25, -0.2) is 0 Å². The summed E-state index contributed by atoms with van der Waals surface area (Å²) >= 11 is 0. The monoisotopic (exact) mass is 244 g/mol. The molecule has 0 unspecified atom stereocenters. The molecule has 0 bridgehead atoms. The number of hydrogen-bond donors (Lipinski definition) is 0. The lowest BCUT2D eigenvalue weighted by atomic mass is 10.2. The molecule has 0 fully saturated rings. The van der Waals surface area contributed by atoms with Crippen molar-refractivity contribution in [2.24, 2.45) is 5.92 Å². The molecule has 100 valence electrons. The summed E-state index contributed by atoms with van der Waals surface area (Å²) in [7, 11) is 0. The van der Waals surface area contributed by atoms with Crippen LogP contribution in [-0.2, 0) is 19.1 Å². The van der Waals surface area contributed by atoms with Crippen LogP contribution in [0.5, 0.6) is 0 Å². The Hall–Kier alpha value is -1.06. The van der Waals surface area contributed by atoms with Gasteiger partial charge in [0.25, 0.3) is 0 Å². The average Bonchev–Trinajstić information content (AvgIpc) is 2.26. The predicted molar refractivity (Wildman–Crippen MR) is 65.5 cm³/mol. The van der Waals surface area contributed by atoms with Crippen molar-refractivity contribution in [2.45, 2.75) is 52.9 Å². The maximum atomic E-state index is 11.2. The van der Waals surface area contributed by atoms with Crippen LogP contribution in [0.1, 0.15) is 52.9 Å². The molecule has 0 amide bonds. The van der Waals surface area contributed by atoms with E-state index in [-0.39, 0.29) is 12.3 Å². The largest absolute Gasteiger partial charge is 0.465 e. The van der Waals surface area contributed by atoms with Gasteiger partial charge in [-0.1, -0.05) is 40.0 Å². The van der Waals surface area contributed by atoms with Crippen LogP contribution in [0.25, 0.3) is 0 Å². The molecule has 4 nitrogen and oxygen atoms in total. The topological polar surface area (TPSA) is 52.6 Å². The van der Waals surface area contributed by atoms with E-state index < -0.39 is 11.9 Å². The van der Waals surface area contributed by atoms with Crippen LogP contribution in [0, 0.1) is 5.92 Å². The van der Waals surface area contributed by atoms with Gasteiger partial charge in [-0.2, -0.15) is 0 Å². The van der Waals surface area contributed by atoms with Crippen LogP contribution < -0.4 is 0 Å². The minimum atomic E-state index is -0.503. The van der Waals surface area contributed by atoms with E-state index >= 15 is 0 Å². The standard InChI is InChI=1S/C13H24O4/c1-4-5-6-7-8-16-12(14)9-13(15)17-10-11(2)3/h11H,4-10H2,1-3H3. The van der Waals surface area contributed by atoms with Gasteiger partial charge in [-0.15, -0.1) is 0 Å². The van der Waals surface area contributed by atoms with Gasteiger partial charge < -0.3 is 9.47 Å². The summed E-state index contributed by atoms with van der Waals surface area (Å²) in [5.74, 6) is -0.712. The molecule has 0 aliphatic rings. The van der Waals surface area contributed by atoms with Crippen molar-refractivity contribution in [3.8, 4) is 0 Å². The van der Waals surface area contributed by atoms with Gasteiger partial charge in [0, 0.05) is 0 Å². The molecule has 0 aromatic heterocycles. The molecule has 0 saturated carbocycles. The van der Waals surface area contributed by atoms with Crippen LogP contribution in [0.2, 0.25) is 0 Å². The summed E-state index contributed by atoms with van der Waals surface area (Å²) in [4.78, 5) is 22.4. The number of esters is 2. The highest BCUT2D eigenvalue weighted by Crippen LogP contribution is 2.01. The van der Waals surface area contributed by atoms with Crippen LogP contribution in [0.3, 0.4) is 0 Å². The Labute approximate surface area is 104 Å². The molecule has 0 atom stereocenters. The molecule has 0 N–H and O–H groups in total. The number of ether oxygens (including phenoxy) is 2. The maximum Gasteiger partial charge on any atom is 0.317 e. The molecule has 0 saturated heterocycles. The van der Waals surface area contributed by atoms with Crippen LogP contribution in [0.15, 0.2) is 0 Å². The first-order valence-electron chi connectivity index (χ1n) is 6.37. The molecule has 0 radical (unpaired) electrons. The van der Waals surface area contributed by atoms with Gasteiger partial charge in [0.1, 0.15) is 6.42 Å². The van der Waals surface area contributed by atoms with E-state index in [9.17, 15) is 9.59 Å². The molecule has 0 spiro atoms. The molecule has 0 aliphatic carbocycles. The van der Waals surface area contributed by atoms with E-state index in [1.807, 2.05) is 13.8 Å². The fourth-order valence-electron chi connectivity index (χ4n) is 1.19. The minimum Gasteiger partial charge on any atom is -0.465 e. The summed E-state index contributed by atoms with van der Waals surface area (Å²) in [6.07, 6.45) is 3.94. The van der Waals surface area contributed by atoms with Crippen molar-refractivity contribution in [2.75, 3.05) is 13.2 Å². The first-order chi connectivity index (χ1) is 8.06. The molecule has 0 aromatic rings. The number of unbranched alkanes of at least 4 members (excludes halogenated alkanes) is 3. The van der Waals surface area contributed by atoms with Crippen molar-refractivity contribution in [3.63, 3.8) is 0 Å². The highest BCUT2D eigenvalue weighted by molar-refractivity contribution is 5.91. The zero-order valence-corrected chi connectivity index (χ0v) is 11.2. The van der Waals surface area contributed by atoms with Gasteiger partial charge in [-0.3, -0.25) is 9.59 Å². The Morgan fingerprint density at radius 2 is 1.65 bits per heavy atom. The Kier molecular flexibility index (Phi) is 9.49. The zero-order chi connectivity index (χ0) is 13.1. The lowest BCUT2D eigenvalue weighted by Gasteiger charge is -2.07. The highest BCUT2D eigenvalue weighted by atomic mass is 16.6. The molecule has 17 heavy (non-hydrogen) atoms. The summed E-state index contributed by atoms with van der Waals surface area (Å²) in [5, 5.41) is 0. The second kappa shape index (κ2) is 10.1. The van der Waals surface area contributed by atoms with Crippen LogP contribution in [-0.4, -0.2) is 25.2 Å². The van der Waals surface area contributed by atoms with Crippen molar-refractivity contribution in [1.29, 1.82) is 0 Å². The molecule has 0 rings (SSSR count). The molecular formula is C13H24O4. The second-order valence-electron chi connectivity index (χ2n) is 4.53. The molecule has 0 heterocycles. The van der Waals surface area contributed by atoms with Crippen molar-refractivity contribution >= 4 is 11.9 Å². The van der Waals surface area contributed by atoms with E-state index in [4.69, 9.17) is 9.47 Å². The van der Waals surface area contributed by atoms with Crippen LogP contribution in [0.4, 0.5) is 0 Å². The van der Waals surface area contributed by atoms with Gasteiger partial charge >= 0.3 is 11.9 Å². The van der Waals surface area contributed by atoms with E-state index in [2.05, 4.69) is 6.92 Å². The van der Waals surface area contributed by atoms with Gasteiger partial charge in [-0.05, 0) is 12.3 Å². The van der Waals surface area contributed by atoms with Gasteiger partial charge in [0.2, 0.25) is 0 Å². The van der Waals surface area contributed by atoms with Crippen molar-refractivity contribution in [1.82, 2.24) is 0 Å². The number of carbonyl (C=O) groups excluding carboxylic acids is 2. The summed E-state index contributed by atoms with van der Waals surface area (Å²) < 4.78 is 9.81. The summed E-state index contributed by atoms with van der Waals surface area (Å²) in [5.41, 5.74) is 0. The normalized spacial score (nSPS) is 10.4. The smallest absolute Gasteiger partial charge is 0.317 e. The quantitative estimate of drug-likeness (QED) is 0.355. The molecule has 4 heteroatoms. The zero-order valence-electron chi connectivity index (χ0n) is 11.2. The Morgan fingerprint density at radius 1 is 1.00 bits per heavy atom. The molecular weight excluding hydrogens is 220 g/mol. The lowest BCUT2D eigenvalue weighted by Crippen LogP contribution is -2.16. The predicted octanol–water partition coefficient (Wildman–Crippen LogP) is 2.70. The fourth-order valence-corrected chi connectivity index (χ4v) is 1.19. The van der Waals surface area contributed by atoms with Crippen molar-refractivity contribution < 1.29 is 19.1 Å². The van der Waals surface area contributed by atoms with Gasteiger partial charge in [0.15, 0.2) is 0 Å². The fraction of sp³-hybridized carbons (Fsp3) is 0.846. The van der Waals surface area contributed by atoms with E-state index in [0.29, 0.717) is 13.2 Å². The third-order valence-electron chi connectivity index (χ3n) is 2.13. The summed E-state index contributed by atoms with van der Waals surface area (Å²) in [6, 6.07) is 0. The molecule has 0 aliphatic heterocycles. The first-order valence-corrected chi connectivity index (χ1v) is 6.37. The number of rotatable bonds is 9. The third-order valence-corrected chi connectivity index (χ3v) is 2.13. The third kappa shape index (κ3) is 11.2. The first kappa shape index (κ1) is 15.9. The lowest BCUT2D eigenvalue weighted by molar-refractivity contribution is -0.155. The number of hydrogen-bond acceptors (Lipinski definition) is 4. The summed E-state index contributed by atoms with van der Waals surface area (Å²) in [6.45, 7) is 6.76. The Balaban J connectivity index is 3.47. The Bertz CT molecular complexity index is 223. The van der Waals surface area contributed by atoms with Crippen molar-refractivity contribution in [3.05, 3.63) is 0 Å². The molecule has 0 aromatic carbocycles. The maximum absolute atomic E-state index is 11.2. The van der Waals surface area contributed by atoms with Crippen LogP contribution >= 0.6 is 0 Å². The van der Waals surface area contributed by atoms with E-state index in [1.165, 1.54) is 0 Å². The van der Waals surface area contributed by atoms with E-state index in [1.54, 1.807) is 0 Å². The SMILES string of the molecule is CCCCCCOC(=O)CC(=O)OCC(C)C. The second-order valence-corrected chi connectivity index (χ2v) is 4.53. The van der Waals surface area contributed by atoms with Gasteiger partial charge in [0.05, 0.1) is 13.2 Å². The van der Waals surface area contributed by atoms with E-state index in [0.717, 1.165) is 25.7 Å². The number of carbonyl (C=O) groups is 2. The minimum absolute atomic E-state index is 0.277.